The van der Waals surface area contributed by atoms with Crippen LogP contribution >= 0.6 is 0 Å². The van der Waals surface area contributed by atoms with Crippen LogP contribution in [-0.2, 0) is 0 Å². The zero-order valence-corrected chi connectivity index (χ0v) is 13.9. The molecule has 0 aliphatic carbocycles. The standard InChI is InChI=1S/C8H6O4.2C6H7N/c9-7(10)5-2-1-3-6(4-5)8(11)12;2*7-6-4-2-1-3-5-6/h1-4H,(H,9,10)(H,11,12);2*1-5H,7H2. The van der Waals surface area contributed by atoms with Crippen LogP contribution in [0.1, 0.15) is 20.7 Å². The first-order chi connectivity index (χ1) is 12.4. The zero-order valence-electron chi connectivity index (χ0n) is 13.9. The Labute approximate surface area is 151 Å². The van der Waals surface area contributed by atoms with Gasteiger partial charge >= 0.3 is 11.9 Å². The molecule has 0 atom stereocenters. The van der Waals surface area contributed by atoms with Gasteiger partial charge in [0.2, 0.25) is 0 Å². The molecule has 0 saturated heterocycles. The third kappa shape index (κ3) is 8.16. The monoisotopic (exact) mass is 352 g/mol. The number of hydrogen-bond donors (Lipinski definition) is 4. The molecule has 0 spiro atoms. The van der Waals surface area contributed by atoms with Gasteiger partial charge < -0.3 is 21.7 Å². The number of carboxylic acid groups (broad SMARTS) is 2. The van der Waals surface area contributed by atoms with Crippen molar-refractivity contribution in [2.45, 2.75) is 0 Å². The van der Waals surface area contributed by atoms with Gasteiger partial charge in [-0.3, -0.25) is 0 Å². The Hall–Kier alpha value is -3.80. The number of benzene rings is 3. The van der Waals surface area contributed by atoms with Crippen LogP contribution in [0.15, 0.2) is 84.9 Å². The fourth-order valence-electron chi connectivity index (χ4n) is 1.69. The number of rotatable bonds is 2. The molecule has 0 bridgehead atoms. The Morgan fingerprint density at radius 3 is 1.15 bits per heavy atom. The molecule has 26 heavy (non-hydrogen) atoms. The van der Waals surface area contributed by atoms with Crippen molar-refractivity contribution in [2.75, 3.05) is 11.5 Å². The van der Waals surface area contributed by atoms with E-state index in [1.165, 1.54) is 18.2 Å². The van der Waals surface area contributed by atoms with Crippen molar-refractivity contribution >= 4 is 23.3 Å². The summed E-state index contributed by atoms with van der Waals surface area (Å²) >= 11 is 0. The summed E-state index contributed by atoms with van der Waals surface area (Å²) in [6.45, 7) is 0. The van der Waals surface area contributed by atoms with E-state index in [9.17, 15) is 9.59 Å². The molecule has 3 rings (SSSR count). The molecule has 3 aromatic carbocycles. The van der Waals surface area contributed by atoms with Gasteiger partial charge in [-0.05, 0) is 42.5 Å². The van der Waals surface area contributed by atoms with Crippen LogP contribution in [0.2, 0.25) is 0 Å². The third-order valence-electron chi connectivity index (χ3n) is 2.96. The SMILES string of the molecule is Nc1ccccc1.Nc1ccccc1.O=C(O)c1cccc(C(=O)O)c1. The van der Waals surface area contributed by atoms with Crippen LogP contribution in [0.3, 0.4) is 0 Å². The Morgan fingerprint density at radius 2 is 0.923 bits per heavy atom. The lowest BCUT2D eigenvalue weighted by molar-refractivity contribution is 0.0696. The fraction of sp³-hybridized carbons (Fsp3) is 0. The number of hydrogen-bond acceptors (Lipinski definition) is 4. The van der Waals surface area contributed by atoms with Gasteiger partial charge in [0.15, 0.2) is 0 Å². The molecule has 0 heterocycles. The number of anilines is 2. The molecular weight excluding hydrogens is 332 g/mol. The predicted molar refractivity (Wildman–Crippen MR) is 102 cm³/mol. The van der Waals surface area contributed by atoms with Gasteiger partial charge in [-0.2, -0.15) is 0 Å². The van der Waals surface area contributed by atoms with Crippen molar-refractivity contribution in [3.8, 4) is 0 Å². The highest BCUT2D eigenvalue weighted by Crippen LogP contribution is 2.04. The molecule has 6 heteroatoms. The molecule has 0 radical (unpaired) electrons. The van der Waals surface area contributed by atoms with Crippen LogP contribution in [0.5, 0.6) is 0 Å². The molecule has 0 saturated carbocycles. The lowest BCUT2D eigenvalue weighted by Crippen LogP contribution is -2.01. The predicted octanol–water partition coefficient (Wildman–Crippen LogP) is 3.62. The minimum atomic E-state index is -1.13. The van der Waals surface area contributed by atoms with Gasteiger partial charge in [-0.25, -0.2) is 9.59 Å². The van der Waals surface area contributed by atoms with Crippen molar-refractivity contribution in [3.05, 3.63) is 96.1 Å². The average molecular weight is 352 g/mol. The van der Waals surface area contributed by atoms with E-state index >= 15 is 0 Å². The average Bonchev–Trinajstić information content (AvgIpc) is 2.64. The fourth-order valence-corrected chi connectivity index (χ4v) is 1.69. The normalized spacial score (nSPS) is 8.92. The van der Waals surface area contributed by atoms with E-state index in [1.807, 2.05) is 60.7 Å². The van der Waals surface area contributed by atoms with E-state index in [2.05, 4.69) is 0 Å². The summed E-state index contributed by atoms with van der Waals surface area (Å²) in [6.07, 6.45) is 0. The molecule has 6 nitrogen and oxygen atoms in total. The first kappa shape index (κ1) is 20.2. The molecule has 6 N–H and O–H groups in total. The van der Waals surface area contributed by atoms with E-state index in [-0.39, 0.29) is 11.1 Å². The summed E-state index contributed by atoms with van der Waals surface area (Å²) in [5, 5.41) is 17.0. The van der Waals surface area contributed by atoms with E-state index in [1.54, 1.807) is 0 Å². The van der Waals surface area contributed by atoms with Crippen molar-refractivity contribution in [1.82, 2.24) is 0 Å². The van der Waals surface area contributed by atoms with Crippen molar-refractivity contribution < 1.29 is 19.8 Å². The highest BCUT2D eigenvalue weighted by Gasteiger charge is 2.06. The molecule has 0 aliphatic rings. The highest BCUT2D eigenvalue weighted by molar-refractivity contribution is 5.93. The van der Waals surface area contributed by atoms with E-state index in [4.69, 9.17) is 21.7 Å². The molecule has 3 aromatic rings. The van der Waals surface area contributed by atoms with Gasteiger partial charge in [0, 0.05) is 11.4 Å². The Kier molecular flexibility index (Phi) is 8.47. The Morgan fingerprint density at radius 1 is 0.577 bits per heavy atom. The Bertz CT molecular complexity index is 755. The number of carbonyl (C=O) groups is 2. The van der Waals surface area contributed by atoms with Crippen LogP contribution in [0.4, 0.5) is 11.4 Å². The topological polar surface area (TPSA) is 127 Å². The van der Waals surface area contributed by atoms with Gasteiger partial charge in [0.25, 0.3) is 0 Å². The maximum Gasteiger partial charge on any atom is 0.335 e. The molecule has 0 fully saturated rings. The molecule has 0 unspecified atom stereocenters. The summed E-state index contributed by atoms with van der Waals surface area (Å²) in [6, 6.07) is 24.2. The van der Waals surface area contributed by atoms with Crippen molar-refractivity contribution in [2.24, 2.45) is 0 Å². The minimum absolute atomic E-state index is 0.0186. The maximum atomic E-state index is 10.4. The second-order valence-electron chi connectivity index (χ2n) is 5.01. The number of nitrogens with two attached hydrogens (primary N) is 2. The first-order valence-corrected chi connectivity index (χ1v) is 7.58. The highest BCUT2D eigenvalue weighted by atomic mass is 16.4. The molecule has 0 aromatic heterocycles. The third-order valence-corrected chi connectivity index (χ3v) is 2.96. The maximum absolute atomic E-state index is 10.4. The molecular formula is C20H20N2O4. The number of nitrogen functional groups attached to an aromatic ring is 2. The minimum Gasteiger partial charge on any atom is -0.478 e. The second-order valence-corrected chi connectivity index (χ2v) is 5.01. The number of para-hydroxylation sites is 2. The van der Waals surface area contributed by atoms with Crippen LogP contribution in [0, 0.1) is 0 Å². The summed E-state index contributed by atoms with van der Waals surface area (Å²) in [5.41, 5.74) is 12.3. The quantitative estimate of drug-likeness (QED) is 0.522. The Balaban J connectivity index is 0.000000207. The largest absolute Gasteiger partial charge is 0.478 e. The lowest BCUT2D eigenvalue weighted by Gasteiger charge is -1.95. The number of aromatic carboxylic acids is 2. The molecule has 134 valence electrons. The van der Waals surface area contributed by atoms with E-state index in [0.29, 0.717) is 0 Å². The smallest absolute Gasteiger partial charge is 0.335 e. The van der Waals surface area contributed by atoms with Crippen LogP contribution < -0.4 is 11.5 Å². The summed E-state index contributed by atoms with van der Waals surface area (Å²) < 4.78 is 0. The lowest BCUT2D eigenvalue weighted by atomic mass is 10.1. The van der Waals surface area contributed by atoms with Crippen LogP contribution in [0.25, 0.3) is 0 Å². The van der Waals surface area contributed by atoms with E-state index in [0.717, 1.165) is 17.4 Å². The zero-order chi connectivity index (χ0) is 19.4. The van der Waals surface area contributed by atoms with Gasteiger partial charge in [0.1, 0.15) is 0 Å². The summed E-state index contributed by atoms with van der Waals surface area (Å²) in [7, 11) is 0. The van der Waals surface area contributed by atoms with Crippen molar-refractivity contribution in [3.63, 3.8) is 0 Å². The second kappa shape index (κ2) is 10.9. The van der Waals surface area contributed by atoms with Gasteiger partial charge in [-0.15, -0.1) is 0 Å². The molecule has 0 amide bonds. The van der Waals surface area contributed by atoms with Gasteiger partial charge in [0.05, 0.1) is 11.1 Å². The van der Waals surface area contributed by atoms with Crippen LogP contribution in [-0.4, -0.2) is 22.2 Å². The van der Waals surface area contributed by atoms with E-state index < -0.39 is 11.9 Å². The first-order valence-electron chi connectivity index (χ1n) is 7.58. The summed E-state index contributed by atoms with van der Waals surface area (Å²) in [5.74, 6) is -2.25. The number of carboxylic acids is 2. The van der Waals surface area contributed by atoms with Crippen molar-refractivity contribution in [1.29, 1.82) is 0 Å². The summed E-state index contributed by atoms with van der Waals surface area (Å²) in [4.78, 5) is 20.8. The molecule has 0 aliphatic heterocycles. The van der Waals surface area contributed by atoms with Gasteiger partial charge in [-0.1, -0.05) is 42.5 Å².